The summed E-state index contributed by atoms with van der Waals surface area (Å²) in [4.78, 5) is 56.0. The number of amides is 1. The largest absolute Gasteiger partial charge is 0.539 e. The van der Waals surface area contributed by atoms with E-state index in [9.17, 15) is 4.79 Å². The third kappa shape index (κ3) is 9.18. The van der Waals surface area contributed by atoms with Gasteiger partial charge in [-0.3, -0.25) is 9.69 Å². The van der Waals surface area contributed by atoms with Gasteiger partial charge in [0, 0.05) is 17.4 Å². The first-order valence-corrected chi connectivity index (χ1v) is 11.7. The number of likely N-dealkylation sites (N-methyl/N-ethyl adjacent to an activating group) is 1. The lowest BCUT2D eigenvalue weighted by Crippen LogP contribution is -3.06. The second kappa shape index (κ2) is 14.2. The van der Waals surface area contributed by atoms with Crippen molar-refractivity contribution in [2.75, 3.05) is 32.5 Å². The molecule has 1 atom stereocenters. The van der Waals surface area contributed by atoms with E-state index in [4.69, 9.17) is 44.6 Å². The minimum absolute atomic E-state index is 0.0464. The van der Waals surface area contributed by atoms with Crippen LogP contribution in [-0.4, -0.2) is 72.2 Å². The summed E-state index contributed by atoms with van der Waals surface area (Å²) in [6.45, 7) is 2.36. The van der Waals surface area contributed by atoms with Crippen molar-refractivity contribution < 1.29 is 54.2 Å². The molecular weight excluding hydrogens is 512 g/mol. The highest BCUT2D eigenvalue weighted by atomic mass is 16.4. The molecule has 13 heteroatoms. The average molecular weight is 541 g/mol. The average Bonchev–Trinajstić information content (AvgIpc) is 3.27. The highest BCUT2D eigenvalue weighted by Gasteiger charge is 2.31. The number of aromatic nitrogens is 1. The molecule has 0 aliphatic carbocycles. The summed E-state index contributed by atoms with van der Waals surface area (Å²) < 4.78 is 0. The number of anilines is 1. The molecule has 0 saturated carbocycles. The van der Waals surface area contributed by atoms with E-state index in [1.54, 1.807) is 0 Å². The number of quaternary nitrogens is 2. The topological polar surface area (TPSA) is 206 Å². The van der Waals surface area contributed by atoms with Crippen LogP contribution in [0.2, 0.25) is 0 Å². The Balaban J connectivity index is 0.000000374. The molecule has 5 N–H and O–H groups in total. The molecule has 0 spiro atoms. The van der Waals surface area contributed by atoms with Gasteiger partial charge in [0.2, 0.25) is 5.82 Å². The lowest BCUT2D eigenvalue weighted by Gasteiger charge is -2.16. The molecule has 0 bridgehead atoms. The molecule has 13 nitrogen and oxygen atoms in total. The van der Waals surface area contributed by atoms with Crippen molar-refractivity contribution in [3.8, 4) is 0 Å². The zero-order valence-electron chi connectivity index (χ0n) is 21.2. The van der Waals surface area contributed by atoms with Crippen molar-refractivity contribution >= 4 is 52.2 Å². The molecule has 1 aliphatic rings. The number of para-hydroxylation sites is 1. The number of pyridine rings is 1. The first-order chi connectivity index (χ1) is 18.4. The fraction of sp³-hybridized carbons (Fsp3) is 0.231. The number of carbonyl (C=O) groups is 5. The van der Waals surface area contributed by atoms with E-state index < -0.39 is 23.9 Å². The molecule has 1 aromatic heterocycles. The van der Waals surface area contributed by atoms with Gasteiger partial charge in [-0.1, -0.05) is 48.5 Å². The highest BCUT2D eigenvalue weighted by Crippen LogP contribution is 2.32. The van der Waals surface area contributed by atoms with Crippen LogP contribution in [0, 0.1) is 0 Å². The third-order valence-electron chi connectivity index (χ3n) is 5.39. The normalized spacial score (nSPS) is 13.3. The van der Waals surface area contributed by atoms with Crippen LogP contribution in [0.1, 0.15) is 11.1 Å². The summed E-state index contributed by atoms with van der Waals surface area (Å²) in [6, 6.07) is 18.6. The lowest BCUT2D eigenvalue weighted by atomic mass is 10.1. The lowest BCUT2D eigenvalue weighted by molar-refractivity contribution is -0.849. The molecule has 2 aromatic carbocycles. The Hall–Kier alpha value is -4.88. The fourth-order valence-electron chi connectivity index (χ4n) is 3.84. The molecule has 4 rings (SSSR count). The van der Waals surface area contributed by atoms with Gasteiger partial charge >= 0.3 is 11.9 Å². The zero-order valence-corrected chi connectivity index (χ0v) is 21.2. The van der Waals surface area contributed by atoms with Crippen LogP contribution in [0.15, 0.2) is 54.6 Å². The van der Waals surface area contributed by atoms with Gasteiger partial charge < -0.3 is 40.2 Å². The number of hydrogen-bond acceptors (Lipinski definition) is 8. The zero-order chi connectivity index (χ0) is 29.1. The molecule has 206 valence electrons. The minimum Gasteiger partial charge on any atom is -0.539 e. The molecule has 1 amide bonds. The van der Waals surface area contributed by atoms with Crippen LogP contribution in [0.3, 0.4) is 0 Å². The molecule has 0 fully saturated rings. The van der Waals surface area contributed by atoms with Gasteiger partial charge in [-0.2, -0.15) is 4.98 Å². The molecular formula is C26H28N4O9. The van der Waals surface area contributed by atoms with E-state index in [0.717, 1.165) is 46.8 Å². The van der Waals surface area contributed by atoms with Crippen LogP contribution >= 0.6 is 0 Å². The number of benzene rings is 2. The molecule has 0 radical (unpaired) electrons. The number of carboxylic acids is 4. The maximum absolute atomic E-state index is 12.5. The van der Waals surface area contributed by atoms with Gasteiger partial charge in [0.05, 0.1) is 37.4 Å². The molecule has 3 aromatic rings. The number of carboxylic acid groups (broad SMARTS) is 4. The SMILES string of the molecule is C[NH+](C)CC(=O)Nc1c2c(nc3ccccc13)[NH+](Cc1ccccc1)CC2.O=C([O-])C(=O)O.O=C([O-])C(=O)O. The first-order valence-electron chi connectivity index (χ1n) is 11.7. The summed E-state index contributed by atoms with van der Waals surface area (Å²) in [7, 11) is 3.97. The van der Waals surface area contributed by atoms with Gasteiger partial charge in [0.15, 0.2) is 18.5 Å². The van der Waals surface area contributed by atoms with E-state index >= 15 is 0 Å². The summed E-state index contributed by atoms with van der Waals surface area (Å²) in [5, 5.41) is 36.8. The Morgan fingerprint density at radius 1 is 0.923 bits per heavy atom. The predicted octanol–water partition coefficient (Wildman–Crippen LogP) is -3.77. The van der Waals surface area contributed by atoms with Crippen LogP contribution in [0.25, 0.3) is 10.9 Å². The molecule has 2 heterocycles. The van der Waals surface area contributed by atoms with Crippen LogP contribution in [-0.2, 0) is 36.9 Å². The number of carbonyl (C=O) groups excluding carboxylic acids is 3. The summed E-state index contributed by atoms with van der Waals surface area (Å²) in [6.07, 6.45) is 0.930. The number of rotatable bonds is 5. The summed E-state index contributed by atoms with van der Waals surface area (Å²) in [5.41, 5.74) is 4.37. The quantitative estimate of drug-likeness (QED) is 0.200. The van der Waals surface area contributed by atoms with Crippen LogP contribution in [0.5, 0.6) is 0 Å². The van der Waals surface area contributed by atoms with Crippen molar-refractivity contribution in [2.45, 2.75) is 13.0 Å². The second-order valence-corrected chi connectivity index (χ2v) is 8.71. The Labute approximate surface area is 222 Å². The summed E-state index contributed by atoms with van der Waals surface area (Å²) >= 11 is 0. The Morgan fingerprint density at radius 2 is 1.46 bits per heavy atom. The fourth-order valence-corrected chi connectivity index (χ4v) is 3.84. The highest BCUT2D eigenvalue weighted by molar-refractivity contribution is 6.26. The Bertz CT molecular complexity index is 1310. The first kappa shape index (κ1) is 30.3. The van der Waals surface area contributed by atoms with E-state index in [1.165, 1.54) is 16.0 Å². The van der Waals surface area contributed by atoms with Gasteiger partial charge in [0.1, 0.15) is 6.54 Å². The molecule has 1 aliphatic heterocycles. The molecule has 39 heavy (non-hydrogen) atoms. The van der Waals surface area contributed by atoms with E-state index in [2.05, 4.69) is 35.6 Å². The van der Waals surface area contributed by atoms with E-state index in [1.807, 2.05) is 38.4 Å². The van der Waals surface area contributed by atoms with Crippen LogP contribution < -0.4 is 25.3 Å². The predicted molar refractivity (Wildman–Crippen MR) is 133 cm³/mol. The van der Waals surface area contributed by atoms with Crippen molar-refractivity contribution in [1.29, 1.82) is 0 Å². The van der Waals surface area contributed by atoms with E-state index in [-0.39, 0.29) is 5.91 Å². The number of nitrogens with zero attached hydrogens (tertiary/aromatic N) is 1. The molecule has 0 saturated heterocycles. The minimum atomic E-state index is -2.07. The van der Waals surface area contributed by atoms with Crippen LogP contribution in [0.4, 0.5) is 11.5 Å². The standard InChI is InChI=1S/C22H24N4O.2C2H2O4/c1-25(2)15-20(27)24-21-17-10-6-7-11-19(17)23-22-18(21)12-13-26(22)14-16-8-4-3-5-9-16;2*3-1(4)2(5)6/h3-11H,12-15H2,1-2H3,(H,23,24,27);2*(H,3,4)(H,5,6). The van der Waals surface area contributed by atoms with Crippen molar-refractivity contribution in [2.24, 2.45) is 0 Å². The monoisotopic (exact) mass is 540 g/mol. The number of fused-ring (bicyclic) bond motifs is 2. The second-order valence-electron chi connectivity index (χ2n) is 8.71. The maximum Gasteiger partial charge on any atom is 0.351 e. The number of hydrogen-bond donors (Lipinski definition) is 5. The Kier molecular flexibility index (Phi) is 11.0. The Morgan fingerprint density at radius 3 is 2.00 bits per heavy atom. The summed E-state index contributed by atoms with van der Waals surface area (Å²) in [5.74, 6) is -6.90. The van der Waals surface area contributed by atoms with Crippen molar-refractivity contribution in [1.82, 2.24) is 4.98 Å². The number of aliphatic carboxylic acids is 4. The maximum atomic E-state index is 12.5. The van der Waals surface area contributed by atoms with Gasteiger partial charge in [-0.15, -0.1) is 0 Å². The van der Waals surface area contributed by atoms with Crippen molar-refractivity contribution in [3.05, 3.63) is 65.7 Å². The van der Waals surface area contributed by atoms with Crippen molar-refractivity contribution in [3.63, 3.8) is 0 Å². The molecule has 1 unspecified atom stereocenters. The van der Waals surface area contributed by atoms with Gasteiger partial charge in [-0.25, -0.2) is 9.59 Å². The third-order valence-corrected chi connectivity index (χ3v) is 5.39. The van der Waals surface area contributed by atoms with Gasteiger partial charge in [0.25, 0.3) is 5.91 Å². The smallest absolute Gasteiger partial charge is 0.351 e. The number of nitrogens with one attached hydrogen (secondary N) is 3. The van der Waals surface area contributed by atoms with Gasteiger partial charge in [-0.05, 0) is 6.07 Å². The van der Waals surface area contributed by atoms with E-state index in [0.29, 0.717) is 6.54 Å².